The van der Waals surface area contributed by atoms with Crippen molar-refractivity contribution in [1.29, 1.82) is 0 Å². The van der Waals surface area contributed by atoms with Gasteiger partial charge in [0.15, 0.2) is 5.82 Å². The average Bonchev–Trinajstić information content (AvgIpc) is 2.56. The van der Waals surface area contributed by atoms with Crippen LogP contribution in [0.2, 0.25) is 5.02 Å². The molecule has 0 fully saturated rings. The summed E-state index contributed by atoms with van der Waals surface area (Å²) in [6.45, 7) is 3.76. The highest BCUT2D eigenvalue weighted by molar-refractivity contribution is 6.30. The molecule has 14 heavy (non-hydrogen) atoms. The lowest BCUT2D eigenvalue weighted by Crippen LogP contribution is -1.83. The van der Waals surface area contributed by atoms with Crippen molar-refractivity contribution in [2.24, 2.45) is 0 Å². The summed E-state index contributed by atoms with van der Waals surface area (Å²) in [4.78, 5) is 4.15. The molecule has 1 aromatic carbocycles. The smallest absolute Gasteiger partial charge is 0.258 e. The molecule has 72 valence electrons. The standard InChI is InChI=1S/C10H9ClN2O/c1-6-3-4-8(11)5-9(6)10-12-7(2)13-14-10/h3-5H,1-2H3. The predicted molar refractivity (Wildman–Crippen MR) is 54.2 cm³/mol. The fourth-order valence-corrected chi connectivity index (χ4v) is 1.40. The Kier molecular flexibility index (Phi) is 2.25. The van der Waals surface area contributed by atoms with Crippen molar-refractivity contribution in [1.82, 2.24) is 10.1 Å². The van der Waals surface area contributed by atoms with Crippen LogP contribution in [-0.2, 0) is 0 Å². The monoisotopic (exact) mass is 208 g/mol. The third kappa shape index (κ3) is 1.63. The Morgan fingerprint density at radius 3 is 2.71 bits per heavy atom. The molecule has 0 radical (unpaired) electrons. The molecule has 0 aliphatic rings. The molecule has 0 spiro atoms. The highest BCUT2D eigenvalue weighted by atomic mass is 35.5. The number of rotatable bonds is 1. The minimum Gasteiger partial charge on any atom is -0.334 e. The summed E-state index contributed by atoms with van der Waals surface area (Å²) >= 11 is 5.88. The van der Waals surface area contributed by atoms with Crippen molar-refractivity contribution >= 4 is 11.6 Å². The fourth-order valence-electron chi connectivity index (χ4n) is 1.23. The number of aromatic nitrogens is 2. The van der Waals surface area contributed by atoms with Gasteiger partial charge in [-0.3, -0.25) is 0 Å². The van der Waals surface area contributed by atoms with E-state index in [2.05, 4.69) is 10.1 Å². The van der Waals surface area contributed by atoms with Crippen molar-refractivity contribution < 1.29 is 4.52 Å². The Balaban J connectivity index is 2.55. The summed E-state index contributed by atoms with van der Waals surface area (Å²) in [5.41, 5.74) is 1.95. The van der Waals surface area contributed by atoms with E-state index in [1.807, 2.05) is 25.1 Å². The Hall–Kier alpha value is -1.35. The maximum absolute atomic E-state index is 5.88. The summed E-state index contributed by atoms with van der Waals surface area (Å²) < 4.78 is 5.07. The van der Waals surface area contributed by atoms with Gasteiger partial charge in [-0.15, -0.1) is 0 Å². The molecule has 3 nitrogen and oxygen atoms in total. The molecule has 1 aromatic heterocycles. The molecular formula is C10H9ClN2O. The second kappa shape index (κ2) is 3.42. The number of nitrogens with zero attached hydrogens (tertiary/aromatic N) is 2. The van der Waals surface area contributed by atoms with Gasteiger partial charge >= 0.3 is 0 Å². The van der Waals surface area contributed by atoms with Gasteiger partial charge in [0.05, 0.1) is 0 Å². The van der Waals surface area contributed by atoms with Gasteiger partial charge in [-0.1, -0.05) is 22.8 Å². The van der Waals surface area contributed by atoms with Crippen LogP contribution < -0.4 is 0 Å². The third-order valence-electron chi connectivity index (χ3n) is 1.96. The van der Waals surface area contributed by atoms with Crippen molar-refractivity contribution in [2.45, 2.75) is 13.8 Å². The topological polar surface area (TPSA) is 38.9 Å². The maximum Gasteiger partial charge on any atom is 0.258 e. The van der Waals surface area contributed by atoms with Crippen LogP contribution in [0.15, 0.2) is 22.7 Å². The van der Waals surface area contributed by atoms with Crippen molar-refractivity contribution in [3.8, 4) is 11.5 Å². The molecule has 0 amide bonds. The predicted octanol–water partition coefficient (Wildman–Crippen LogP) is 3.01. The van der Waals surface area contributed by atoms with Crippen LogP contribution in [0.3, 0.4) is 0 Å². The maximum atomic E-state index is 5.88. The highest BCUT2D eigenvalue weighted by Gasteiger charge is 2.09. The molecule has 0 N–H and O–H groups in total. The largest absolute Gasteiger partial charge is 0.334 e. The van der Waals surface area contributed by atoms with Gasteiger partial charge in [0, 0.05) is 10.6 Å². The molecule has 0 aliphatic heterocycles. The zero-order valence-electron chi connectivity index (χ0n) is 7.91. The van der Waals surface area contributed by atoms with E-state index < -0.39 is 0 Å². The van der Waals surface area contributed by atoms with Crippen LogP contribution in [0.5, 0.6) is 0 Å². The average molecular weight is 209 g/mol. The summed E-state index contributed by atoms with van der Waals surface area (Å²) in [6, 6.07) is 5.59. The van der Waals surface area contributed by atoms with Gasteiger partial charge in [0.2, 0.25) is 0 Å². The number of aryl methyl sites for hydroxylation is 2. The molecule has 2 aromatic rings. The third-order valence-corrected chi connectivity index (χ3v) is 2.19. The molecule has 0 aliphatic carbocycles. The molecule has 0 saturated heterocycles. The second-order valence-corrected chi connectivity index (χ2v) is 3.54. The number of halogens is 1. The number of hydrogen-bond acceptors (Lipinski definition) is 3. The minimum atomic E-state index is 0.516. The van der Waals surface area contributed by atoms with Crippen LogP contribution in [0, 0.1) is 13.8 Å². The Bertz CT molecular complexity index is 465. The molecule has 4 heteroatoms. The van der Waals surface area contributed by atoms with Crippen LogP contribution in [0.25, 0.3) is 11.5 Å². The first-order chi connectivity index (χ1) is 6.66. The molecule has 0 saturated carbocycles. The van der Waals surface area contributed by atoms with Crippen molar-refractivity contribution in [2.75, 3.05) is 0 Å². The zero-order chi connectivity index (χ0) is 10.1. The molecule has 0 unspecified atom stereocenters. The lowest BCUT2D eigenvalue weighted by Gasteiger charge is -1.99. The molecule has 0 bridgehead atoms. The number of benzene rings is 1. The summed E-state index contributed by atoms with van der Waals surface area (Å²) in [5, 5.41) is 4.40. The van der Waals surface area contributed by atoms with Gasteiger partial charge in [-0.05, 0) is 31.5 Å². The van der Waals surface area contributed by atoms with E-state index >= 15 is 0 Å². The van der Waals surface area contributed by atoms with Gasteiger partial charge in [0.1, 0.15) is 0 Å². The van der Waals surface area contributed by atoms with E-state index in [9.17, 15) is 0 Å². The molecular weight excluding hydrogens is 200 g/mol. The Morgan fingerprint density at radius 1 is 1.29 bits per heavy atom. The van der Waals surface area contributed by atoms with E-state index in [1.165, 1.54) is 0 Å². The van der Waals surface area contributed by atoms with Crippen LogP contribution >= 0.6 is 11.6 Å². The lowest BCUT2D eigenvalue weighted by molar-refractivity contribution is 0.425. The first-order valence-corrected chi connectivity index (χ1v) is 4.61. The zero-order valence-corrected chi connectivity index (χ0v) is 8.67. The van der Waals surface area contributed by atoms with Gasteiger partial charge in [-0.2, -0.15) is 4.98 Å². The van der Waals surface area contributed by atoms with E-state index in [4.69, 9.17) is 16.1 Å². The SMILES string of the molecule is Cc1noc(-c2cc(Cl)ccc2C)n1. The van der Waals surface area contributed by atoms with Crippen LogP contribution in [0.4, 0.5) is 0 Å². The van der Waals surface area contributed by atoms with E-state index in [0.29, 0.717) is 16.7 Å². The van der Waals surface area contributed by atoms with Gasteiger partial charge in [-0.25, -0.2) is 0 Å². The van der Waals surface area contributed by atoms with E-state index in [-0.39, 0.29) is 0 Å². The van der Waals surface area contributed by atoms with Crippen molar-refractivity contribution in [3.63, 3.8) is 0 Å². The minimum absolute atomic E-state index is 0.516. The Morgan fingerprint density at radius 2 is 2.07 bits per heavy atom. The lowest BCUT2D eigenvalue weighted by atomic mass is 10.1. The highest BCUT2D eigenvalue weighted by Crippen LogP contribution is 2.24. The quantitative estimate of drug-likeness (QED) is 0.723. The van der Waals surface area contributed by atoms with Gasteiger partial charge < -0.3 is 4.52 Å². The molecule has 1 heterocycles. The second-order valence-electron chi connectivity index (χ2n) is 3.11. The summed E-state index contributed by atoms with van der Waals surface area (Å²) in [5.74, 6) is 1.14. The van der Waals surface area contributed by atoms with Crippen LogP contribution in [-0.4, -0.2) is 10.1 Å². The van der Waals surface area contributed by atoms with Crippen LogP contribution in [0.1, 0.15) is 11.4 Å². The molecule has 0 atom stereocenters. The van der Waals surface area contributed by atoms with E-state index in [1.54, 1.807) is 6.92 Å². The summed E-state index contributed by atoms with van der Waals surface area (Å²) in [6.07, 6.45) is 0. The normalized spacial score (nSPS) is 10.5. The van der Waals surface area contributed by atoms with Gasteiger partial charge in [0.25, 0.3) is 5.89 Å². The van der Waals surface area contributed by atoms with E-state index in [0.717, 1.165) is 11.1 Å². The molecule has 2 rings (SSSR count). The first-order valence-electron chi connectivity index (χ1n) is 4.23. The first kappa shape index (κ1) is 9.21. The summed E-state index contributed by atoms with van der Waals surface area (Å²) in [7, 11) is 0. The van der Waals surface area contributed by atoms with Crippen molar-refractivity contribution in [3.05, 3.63) is 34.6 Å². The number of hydrogen-bond donors (Lipinski definition) is 0. The Labute approximate surface area is 86.7 Å². The fraction of sp³-hybridized carbons (Fsp3) is 0.200.